The molecule has 1 N–H and O–H groups in total. The number of carbonyl (C=O) groups excluding carboxylic acids is 1. The predicted molar refractivity (Wildman–Crippen MR) is 116 cm³/mol. The molecule has 0 aromatic heterocycles. The maximum absolute atomic E-state index is 12.5. The summed E-state index contributed by atoms with van der Waals surface area (Å²) in [5, 5.41) is 4.20. The van der Waals surface area contributed by atoms with E-state index in [2.05, 4.69) is 24.1 Å². The molecular weight excluding hydrogens is 407 g/mol. The number of anilines is 2. The Balaban J connectivity index is 0.00000364. The summed E-state index contributed by atoms with van der Waals surface area (Å²) in [6.45, 7) is 8.98. The number of hydrogen-bond donors (Lipinski definition) is 1. The van der Waals surface area contributed by atoms with Crippen LogP contribution in [0.4, 0.5) is 11.4 Å². The predicted octanol–water partition coefficient (Wildman–Crippen LogP) is 5.97. The molecule has 2 rings (SSSR count). The molecule has 0 fully saturated rings. The Morgan fingerprint density at radius 2 is 1.78 bits per heavy atom. The molecule has 0 aliphatic carbocycles. The molecule has 2 aromatic carbocycles. The van der Waals surface area contributed by atoms with Crippen LogP contribution in [0.2, 0.25) is 10.0 Å². The number of nitrogens with zero attached hydrogens (tertiary/aromatic N) is 1. The first-order chi connectivity index (χ1) is 12.5. The lowest BCUT2D eigenvalue weighted by molar-refractivity contribution is 0.0467. The summed E-state index contributed by atoms with van der Waals surface area (Å²) in [4.78, 5) is 14.7. The van der Waals surface area contributed by atoms with Crippen LogP contribution < -0.4 is 5.32 Å². The number of benzene rings is 2. The highest BCUT2D eigenvalue weighted by atomic mass is 35.5. The van der Waals surface area contributed by atoms with Crippen LogP contribution in [0, 0.1) is 6.92 Å². The average molecular weight is 432 g/mol. The molecule has 0 aliphatic heterocycles. The standard InChI is InChI=1S/C20H24Cl2N2O2.ClH/c1-4-24(5-2)12-13-26-20(25)15-8-6-7-9-17(15)23-19-16(21)11-10-14(3)18(19)22;/h6-11,23H,4-5,12-13H2,1-3H3;1H. The quantitative estimate of drug-likeness (QED) is 0.523. The van der Waals surface area contributed by atoms with Crippen molar-refractivity contribution in [3.63, 3.8) is 0 Å². The van der Waals surface area contributed by atoms with Crippen molar-refractivity contribution in [2.75, 3.05) is 31.6 Å². The fraction of sp³-hybridized carbons (Fsp3) is 0.350. The number of carbonyl (C=O) groups is 1. The molecule has 0 amide bonds. The molecule has 27 heavy (non-hydrogen) atoms. The monoisotopic (exact) mass is 430 g/mol. The van der Waals surface area contributed by atoms with Crippen LogP contribution in [0.5, 0.6) is 0 Å². The third-order valence-corrected chi connectivity index (χ3v) is 5.03. The van der Waals surface area contributed by atoms with E-state index in [0.717, 1.165) is 18.7 Å². The average Bonchev–Trinajstić information content (AvgIpc) is 2.65. The zero-order valence-electron chi connectivity index (χ0n) is 15.7. The third-order valence-electron chi connectivity index (χ3n) is 4.23. The topological polar surface area (TPSA) is 41.6 Å². The molecule has 7 heteroatoms. The summed E-state index contributed by atoms with van der Waals surface area (Å²) in [7, 11) is 0. The Morgan fingerprint density at radius 3 is 2.44 bits per heavy atom. The molecule has 0 bridgehead atoms. The summed E-state index contributed by atoms with van der Waals surface area (Å²) in [5.41, 5.74) is 2.53. The Bertz CT molecular complexity index is 765. The van der Waals surface area contributed by atoms with E-state index in [1.54, 1.807) is 24.3 Å². The summed E-state index contributed by atoms with van der Waals surface area (Å²) in [5.74, 6) is -0.375. The molecule has 0 atom stereocenters. The maximum atomic E-state index is 12.5. The van der Waals surface area contributed by atoms with Crippen LogP contribution in [0.3, 0.4) is 0 Å². The van der Waals surface area contributed by atoms with Crippen molar-refractivity contribution in [1.82, 2.24) is 4.90 Å². The Morgan fingerprint density at radius 1 is 1.11 bits per heavy atom. The van der Waals surface area contributed by atoms with E-state index >= 15 is 0 Å². The summed E-state index contributed by atoms with van der Waals surface area (Å²) >= 11 is 12.6. The fourth-order valence-electron chi connectivity index (χ4n) is 2.56. The van der Waals surface area contributed by atoms with Gasteiger partial charge in [0.25, 0.3) is 0 Å². The zero-order chi connectivity index (χ0) is 19.1. The molecule has 0 saturated heterocycles. The van der Waals surface area contributed by atoms with Crippen LogP contribution in [0.1, 0.15) is 29.8 Å². The third kappa shape index (κ3) is 6.28. The van der Waals surface area contributed by atoms with Crippen LogP contribution in [0.25, 0.3) is 0 Å². The van der Waals surface area contributed by atoms with Crippen molar-refractivity contribution in [2.24, 2.45) is 0 Å². The number of hydrogen-bond acceptors (Lipinski definition) is 4. The van der Waals surface area contributed by atoms with E-state index < -0.39 is 0 Å². The zero-order valence-corrected chi connectivity index (χ0v) is 18.0. The molecule has 0 saturated carbocycles. The van der Waals surface area contributed by atoms with Crippen molar-refractivity contribution < 1.29 is 9.53 Å². The number of aryl methyl sites for hydroxylation is 1. The molecule has 2 aromatic rings. The highest BCUT2D eigenvalue weighted by Crippen LogP contribution is 2.36. The second-order valence-corrected chi connectivity index (χ2v) is 6.67. The number of rotatable bonds is 8. The van der Waals surface area contributed by atoms with E-state index in [9.17, 15) is 4.79 Å². The van der Waals surface area contributed by atoms with Crippen LogP contribution in [-0.2, 0) is 4.74 Å². The maximum Gasteiger partial charge on any atom is 0.340 e. The van der Waals surface area contributed by atoms with E-state index in [4.69, 9.17) is 27.9 Å². The van der Waals surface area contributed by atoms with Crippen molar-refractivity contribution in [3.8, 4) is 0 Å². The number of para-hydroxylation sites is 1. The second-order valence-electron chi connectivity index (χ2n) is 5.89. The van der Waals surface area contributed by atoms with E-state index in [1.807, 2.05) is 19.1 Å². The van der Waals surface area contributed by atoms with Crippen molar-refractivity contribution in [1.29, 1.82) is 0 Å². The normalized spacial score (nSPS) is 10.4. The van der Waals surface area contributed by atoms with Crippen molar-refractivity contribution in [3.05, 3.63) is 57.6 Å². The number of esters is 1. The largest absolute Gasteiger partial charge is 0.461 e. The van der Waals surface area contributed by atoms with Crippen molar-refractivity contribution in [2.45, 2.75) is 20.8 Å². The lowest BCUT2D eigenvalue weighted by Crippen LogP contribution is -2.28. The van der Waals surface area contributed by atoms with Gasteiger partial charge in [-0.25, -0.2) is 4.79 Å². The SMILES string of the molecule is CCN(CC)CCOC(=O)c1ccccc1Nc1c(Cl)ccc(C)c1Cl.Cl. The van der Waals surface area contributed by atoms with Gasteiger partial charge >= 0.3 is 5.97 Å². The molecule has 0 radical (unpaired) electrons. The molecule has 0 unspecified atom stereocenters. The van der Waals surface area contributed by atoms with Gasteiger partial charge in [0.05, 0.1) is 27.0 Å². The number of nitrogens with one attached hydrogen (secondary N) is 1. The van der Waals surface area contributed by atoms with Gasteiger partial charge in [-0.15, -0.1) is 12.4 Å². The minimum atomic E-state index is -0.375. The van der Waals surface area contributed by atoms with Gasteiger partial charge in [0.1, 0.15) is 6.61 Å². The molecule has 0 heterocycles. The Kier molecular flexibility index (Phi) is 9.95. The van der Waals surface area contributed by atoms with Gasteiger partial charge < -0.3 is 15.0 Å². The van der Waals surface area contributed by atoms with E-state index in [-0.39, 0.29) is 18.4 Å². The Labute approximate surface area is 177 Å². The lowest BCUT2D eigenvalue weighted by Gasteiger charge is -2.18. The van der Waals surface area contributed by atoms with Crippen LogP contribution >= 0.6 is 35.6 Å². The minimum absolute atomic E-state index is 0. The molecule has 4 nitrogen and oxygen atoms in total. The van der Waals surface area contributed by atoms with Gasteiger partial charge in [-0.1, -0.05) is 55.2 Å². The van der Waals surface area contributed by atoms with Crippen molar-refractivity contribution >= 4 is 53.0 Å². The van der Waals surface area contributed by atoms with Gasteiger partial charge in [0.2, 0.25) is 0 Å². The number of likely N-dealkylation sites (N-methyl/N-ethyl adjacent to an activating group) is 1. The fourth-order valence-corrected chi connectivity index (χ4v) is 3.03. The van der Waals surface area contributed by atoms with Crippen LogP contribution in [-0.4, -0.2) is 37.1 Å². The number of ether oxygens (including phenoxy) is 1. The van der Waals surface area contributed by atoms with Gasteiger partial charge in [-0.05, 0) is 43.8 Å². The first kappa shape index (κ1) is 23.6. The first-order valence-electron chi connectivity index (χ1n) is 8.68. The smallest absolute Gasteiger partial charge is 0.340 e. The molecular formula is C20H25Cl3N2O2. The van der Waals surface area contributed by atoms with Crippen LogP contribution in [0.15, 0.2) is 36.4 Å². The first-order valence-corrected chi connectivity index (χ1v) is 9.43. The highest BCUT2D eigenvalue weighted by molar-refractivity contribution is 6.39. The highest BCUT2D eigenvalue weighted by Gasteiger charge is 2.16. The van der Waals surface area contributed by atoms with E-state index in [0.29, 0.717) is 40.1 Å². The molecule has 148 valence electrons. The lowest BCUT2D eigenvalue weighted by atomic mass is 10.1. The molecule has 0 spiro atoms. The van der Waals surface area contributed by atoms with Gasteiger partial charge in [-0.3, -0.25) is 0 Å². The summed E-state index contributed by atoms with van der Waals surface area (Å²) in [6.07, 6.45) is 0. The summed E-state index contributed by atoms with van der Waals surface area (Å²) < 4.78 is 5.44. The number of halogens is 3. The second kappa shape index (κ2) is 11.4. The Hall–Kier alpha value is -1.46. The van der Waals surface area contributed by atoms with Gasteiger partial charge in [0, 0.05) is 6.54 Å². The van der Waals surface area contributed by atoms with Gasteiger partial charge in [0.15, 0.2) is 0 Å². The van der Waals surface area contributed by atoms with Gasteiger partial charge in [-0.2, -0.15) is 0 Å². The van der Waals surface area contributed by atoms with E-state index in [1.165, 1.54) is 0 Å². The summed E-state index contributed by atoms with van der Waals surface area (Å²) in [6, 6.07) is 10.8. The molecule has 0 aliphatic rings. The minimum Gasteiger partial charge on any atom is -0.461 e.